The van der Waals surface area contributed by atoms with Gasteiger partial charge in [0.15, 0.2) is 0 Å². The predicted octanol–water partition coefficient (Wildman–Crippen LogP) is 1.12. The highest BCUT2D eigenvalue weighted by Gasteiger charge is 2.33. The Morgan fingerprint density at radius 3 is 2.88 bits per heavy atom. The first kappa shape index (κ1) is 10.8. The molecule has 1 aromatic carbocycles. The number of nitrogens with zero attached hydrogens (tertiary/aromatic N) is 2. The molecule has 16 heavy (non-hydrogen) atoms. The fourth-order valence-electron chi connectivity index (χ4n) is 1.67. The van der Waals surface area contributed by atoms with Gasteiger partial charge in [0.1, 0.15) is 5.82 Å². The maximum atomic E-state index is 13.0. The number of hydrazone groups is 1. The quantitative estimate of drug-likeness (QED) is 0.813. The first-order valence-electron chi connectivity index (χ1n) is 4.98. The molecule has 5 heteroatoms. The molecule has 0 saturated carbocycles. The number of nitrogens with two attached hydrogens (primary N) is 1. The summed E-state index contributed by atoms with van der Waals surface area (Å²) in [7, 11) is 0. The Labute approximate surface area is 92.5 Å². The van der Waals surface area contributed by atoms with Crippen LogP contribution in [-0.4, -0.2) is 18.2 Å². The second-order valence-corrected chi connectivity index (χ2v) is 3.66. The maximum Gasteiger partial charge on any atom is 0.257 e. The fraction of sp³-hybridized carbons (Fsp3) is 0.273. The zero-order valence-corrected chi connectivity index (χ0v) is 8.85. The monoisotopic (exact) mass is 221 g/mol. The largest absolute Gasteiger partial charge is 0.329 e. The van der Waals surface area contributed by atoms with Crippen LogP contribution in [0.1, 0.15) is 6.92 Å². The van der Waals surface area contributed by atoms with Crippen LogP contribution in [0.2, 0.25) is 0 Å². The Kier molecular flexibility index (Phi) is 2.70. The minimum atomic E-state index is -0.394. The van der Waals surface area contributed by atoms with E-state index in [9.17, 15) is 9.18 Å². The molecule has 1 unspecified atom stereocenters. The summed E-state index contributed by atoms with van der Waals surface area (Å²) in [5.41, 5.74) is 6.58. The predicted molar refractivity (Wildman–Crippen MR) is 59.5 cm³/mol. The Bertz CT molecular complexity index is 458. The lowest BCUT2D eigenvalue weighted by Gasteiger charge is -2.13. The molecule has 1 aliphatic rings. The van der Waals surface area contributed by atoms with Gasteiger partial charge in [0, 0.05) is 12.3 Å². The summed E-state index contributed by atoms with van der Waals surface area (Å²) >= 11 is 0. The molecule has 2 rings (SSSR count). The average molecular weight is 221 g/mol. The molecule has 1 aromatic rings. The lowest BCUT2D eigenvalue weighted by molar-refractivity contribution is -0.119. The molecule has 0 radical (unpaired) electrons. The van der Waals surface area contributed by atoms with E-state index in [1.807, 2.05) is 0 Å². The van der Waals surface area contributed by atoms with Crippen molar-refractivity contribution in [1.29, 1.82) is 0 Å². The molecular weight excluding hydrogens is 209 g/mol. The van der Waals surface area contributed by atoms with Crippen molar-refractivity contribution in [3.05, 3.63) is 30.1 Å². The van der Waals surface area contributed by atoms with Gasteiger partial charge in [-0.25, -0.2) is 9.40 Å². The number of carbonyl (C=O) groups is 1. The molecule has 1 atom stereocenters. The number of carbonyl (C=O) groups excluding carboxylic acids is 1. The van der Waals surface area contributed by atoms with E-state index in [0.717, 1.165) is 0 Å². The minimum Gasteiger partial charge on any atom is -0.329 e. The molecule has 0 fully saturated rings. The van der Waals surface area contributed by atoms with E-state index >= 15 is 0 Å². The van der Waals surface area contributed by atoms with Gasteiger partial charge in [-0.3, -0.25) is 4.79 Å². The molecule has 84 valence electrons. The van der Waals surface area contributed by atoms with Crippen molar-refractivity contribution in [3.8, 4) is 0 Å². The second kappa shape index (κ2) is 4.02. The van der Waals surface area contributed by atoms with Crippen LogP contribution in [0.4, 0.5) is 10.1 Å². The number of anilines is 1. The summed E-state index contributed by atoms with van der Waals surface area (Å²) in [4.78, 5) is 11.9. The van der Waals surface area contributed by atoms with Crippen molar-refractivity contribution >= 4 is 17.3 Å². The first-order valence-corrected chi connectivity index (χ1v) is 4.98. The number of benzene rings is 1. The van der Waals surface area contributed by atoms with Crippen molar-refractivity contribution in [1.82, 2.24) is 0 Å². The topological polar surface area (TPSA) is 58.7 Å². The SMILES string of the molecule is CC1=NN(c2cccc(F)c2)C(=O)C1CN. The molecule has 1 amide bonds. The van der Waals surface area contributed by atoms with Gasteiger partial charge in [-0.05, 0) is 25.1 Å². The van der Waals surface area contributed by atoms with Gasteiger partial charge in [0.2, 0.25) is 0 Å². The number of halogens is 1. The summed E-state index contributed by atoms with van der Waals surface area (Å²) in [5, 5.41) is 5.29. The molecule has 0 aliphatic carbocycles. The third kappa shape index (κ3) is 1.69. The number of amides is 1. The smallest absolute Gasteiger partial charge is 0.257 e. The highest BCUT2D eigenvalue weighted by atomic mass is 19.1. The van der Waals surface area contributed by atoms with Gasteiger partial charge in [-0.15, -0.1) is 0 Å². The Morgan fingerprint density at radius 2 is 2.31 bits per heavy atom. The van der Waals surface area contributed by atoms with E-state index in [0.29, 0.717) is 11.4 Å². The van der Waals surface area contributed by atoms with Crippen molar-refractivity contribution in [2.45, 2.75) is 6.92 Å². The van der Waals surface area contributed by atoms with Crippen LogP contribution < -0.4 is 10.7 Å². The van der Waals surface area contributed by atoms with Crippen molar-refractivity contribution in [3.63, 3.8) is 0 Å². The van der Waals surface area contributed by atoms with Gasteiger partial charge in [0.25, 0.3) is 5.91 Å². The van der Waals surface area contributed by atoms with Gasteiger partial charge in [-0.1, -0.05) is 6.07 Å². The van der Waals surface area contributed by atoms with Crippen LogP contribution >= 0.6 is 0 Å². The normalized spacial score (nSPS) is 20.2. The highest BCUT2D eigenvalue weighted by Crippen LogP contribution is 2.23. The fourth-order valence-corrected chi connectivity index (χ4v) is 1.67. The van der Waals surface area contributed by atoms with Gasteiger partial charge in [0.05, 0.1) is 11.6 Å². The van der Waals surface area contributed by atoms with E-state index in [2.05, 4.69) is 5.10 Å². The zero-order chi connectivity index (χ0) is 11.7. The van der Waals surface area contributed by atoms with Crippen LogP contribution in [0.25, 0.3) is 0 Å². The summed E-state index contributed by atoms with van der Waals surface area (Å²) in [5.74, 6) is -0.983. The third-order valence-corrected chi connectivity index (χ3v) is 2.56. The molecule has 0 spiro atoms. The van der Waals surface area contributed by atoms with E-state index in [1.165, 1.54) is 17.1 Å². The summed E-state index contributed by atoms with van der Waals surface area (Å²) < 4.78 is 13.0. The van der Waals surface area contributed by atoms with Crippen LogP contribution in [0.5, 0.6) is 0 Å². The van der Waals surface area contributed by atoms with Crippen molar-refractivity contribution in [2.24, 2.45) is 16.8 Å². The Morgan fingerprint density at radius 1 is 1.56 bits per heavy atom. The molecule has 0 saturated heterocycles. The summed E-state index contributed by atoms with van der Waals surface area (Å²) in [6.07, 6.45) is 0. The second-order valence-electron chi connectivity index (χ2n) is 3.66. The van der Waals surface area contributed by atoms with Gasteiger partial charge in [-0.2, -0.15) is 5.10 Å². The van der Waals surface area contributed by atoms with Crippen LogP contribution in [0.15, 0.2) is 29.4 Å². The lowest BCUT2D eigenvalue weighted by Crippen LogP contribution is -2.32. The number of rotatable bonds is 2. The van der Waals surface area contributed by atoms with Crippen LogP contribution in [0.3, 0.4) is 0 Å². The summed E-state index contributed by atoms with van der Waals surface area (Å²) in [6, 6.07) is 5.77. The minimum absolute atomic E-state index is 0.203. The third-order valence-electron chi connectivity index (χ3n) is 2.56. The number of hydrogen-bond donors (Lipinski definition) is 1. The molecule has 0 aromatic heterocycles. The van der Waals surface area contributed by atoms with E-state index in [4.69, 9.17) is 5.73 Å². The van der Waals surface area contributed by atoms with Gasteiger partial charge >= 0.3 is 0 Å². The number of hydrogen-bond acceptors (Lipinski definition) is 3. The Balaban J connectivity index is 2.34. The van der Waals surface area contributed by atoms with E-state index < -0.39 is 5.82 Å². The zero-order valence-electron chi connectivity index (χ0n) is 8.85. The molecule has 4 nitrogen and oxygen atoms in total. The van der Waals surface area contributed by atoms with Crippen molar-refractivity contribution in [2.75, 3.05) is 11.6 Å². The Hall–Kier alpha value is -1.75. The summed E-state index contributed by atoms with van der Waals surface area (Å²) in [6.45, 7) is 1.97. The van der Waals surface area contributed by atoms with Crippen molar-refractivity contribution < 1.29 is 9.18 Å². The first-order chi connectivity index (χ1) is 7.63. The standard InChI is InChI=1S/C11H12FN3O/c1-7-10(6-13)11(16)15(14-7)9-4-2-3-8(12)5-9/h2-5,10H,6,13H2,1H3. The van der Waals surface area contributed by atoms with Gasteiger partial charge < -0.3 is 5.73 Å². The molecule has 2 N–H and O–H groups in total. The highest BCUT2D eigenvalue weighted by molar-refractivity contribution is 6.14. The molecular formula is C11H12FN3O. The lowest BCUT2D eigenvalue weighted by atomic mass is 10.1. The van der Waals surface area contributed by atoms with E-state index in [-0.39, 0.29) is 18.4 Å². The van der Waals surface area contributed by atoms with Crippen LogP contribution in [-0.2, 0) is 4.79 Å². The van der Waals surface area contributed by atoms with E-state index in [1.54, 1.807) is 19.1 Å². The van der Waals surface area contributed by atoms with Crippen LogP contribution in [0, 0.1) is 11.7 Å². The maximum absolute atomic E-state index is 13.0. The molecule has 0 bridgehead atoms. The molecule has 1 heterocycles. The average Bonchev–Trinajstić information content (AvgIpc) is 2.54. The molecule has 1 aliphatic heterocycles.